The molecule has 7 nitrogen and oxygen atoms in total. The summed E-state index contributed by atoms with van der Waals surface area (Å²) in [4.78, 5) is 12.2. The molecule has 0 saturated carbocycles. The molecule has 0 aliphatic carbocycles. The van der Waals surface area contributed by atoms with Gasteiger partial charge in [-0.3, -0.25) is 0 Å². The third-order valence-electron chi connectivity index (χ3n) is 5.31. The van der Waals surface area contributed by atoms with Crippen molar-refractivity contribution in [2.24, 2.45) is 0 Å². The van der Waals surface area contributed by atoms with Crippen LogP contribution in [0.4, 0.5) is 0 Å². The Morgan fingerprint density at radius 2 is 1.66 bits per heavy atom. The van der Waals surface area contributed by atoms with Crippen molar-refractivity contribution in [1.82, 2.24) is 5.32 Å². The number of methoxy groups -OCH3 is 3. The van der Waals surface area contributed by atoms with E-state index >= 15 is 0 Å². The zero-order valence-corrected chi connectivity index (χ0v) is 20.2. The van der Waals surface area contributed by atoms with E-state index in [2.05, 4.69) is 5.32 Å². The molecule has 3 aromatic carbocycles. The van der Waals surface area contributed by atoms with Gasteiger partial charge >= 0.3 is 5.97 Å². The number of hydrogen-bond donors (Lipinski definition) is 2. The Morgan fingerprint density at radius 3 is 2.31 bits per heavy atom. The van der Waals surface area contributed by atoms with E-state index in [1.165, 1.54) is 7.11 Å². The summed E-state index contributed by atoms with van der Waals surface area (Å²) >= 11 is 0. The Kier molecular flexibility index (Phi) is 9.71. The number of benzene rings is 3. The lowest BCUT2D eigenvalue weighted by molar-refractivity contribution is -0.133. The van der Waals surface area contributed by atoms with Crippen LogP contribution in [0, 0.1) is 0 Å². The summed E-state index contributed by atoms with van der Waals surface area (Å²) in [5.41, 5.74) is 3.04. The van der Waals surface area contributed by atoms with Crippen LogP contribution in [0.3, 0.4) is 0 Å². The second kappa shape index (κ2) is 13.2. The van der Waals surface area contributed by atoms with Gasteiger partial charge in [0.15, 0.2) is 0 Å². The highest BCUT2D eigenvalue weighted by atomic mass is 16.5. The highest BCUT2D eigenvalue weighted by Crippen LogP contribution is 2.24. The Balaban J connectivity index is 1.52. The van der Waals surface area contributed by atoms with Gasteiger partial charge in [-0.15, -0.1) is 0 Å². The van der Waals surface area contributed by atoms with Crippen LogP contribution in [0.15, 0.2) is 72.8 Å². The van der Waals surface area contributed by atoms with E-state index in [0.29, 0.717) is 24.4 Å². The average molecular weight is 478 g/mol. The van der Waals surface area contributed by atoms with Crippen LogP contribution in [0.25, 0.3) is 11.6 Å². The first-order chi connectivity index (χ1) is 17.0. The largest absolute Gasteiger partial charge is 0.497 e. The maximum Gasteiger partial charge on any atom is 0.338 e. The van der Waals surface area contributed by atoms with Crippen molar-refractivity contribution in [1.29, 1.82) is 0 Å². The summed E-state index contributed by atoms with van der Waals surface area (Å²) < 4.78 is 21.3. The van der Waals surface area contributed by atoms with Crippen LogP contribution in [0.2, 0.25) is 0 Å². The second-order valence-electron chi connectivity index (χ2n) is 7.76. The van der Waals surface area contributed by atoms with Crippen molar-refractivity contribution in [3.63, 3.8) is 0 Å². The Hall–Kier alpha value is -3.81. The first-order valence-corrected chi connectivity index (χ1v) is 11.2. The van der Waals surface area contributed by atoms with Gasteiger partial charge in [0.1, 0.15) is 30.0 Å². The van der Waals surface area contributed by atoms with Crippen molar-refractivity contribution in [3.05, 3.63) is 89.5 Å². The fourth-order valence-electron chi connectivity index (χ4n) is 3.44. The van der Waals surface area contributed by atoms with Crippen molar-refractivity contribution < 1.29 is 28.8 Å². The van der Waals surface area contributed by atoms with E-state index in [4.69, 9.17) is 18.9 Å². The van der Waals surface area contributed by atoms with Gasteiger partial charge in [-0.25, -0.2) is 4.79 Å². The molecule has 0 spiro atoms. The molecule has 0 fully saturated rings. The molecule has 0 bridgehead atoms. The molecule has 0 amide bonds. The molecule has 0 aliphatic rings. The first kappa shape index (κ1) is 25.8. The van der Waals surface area contributed by atoms with Crippen molar-refractivity contribution in [2.45, 2.75) is 12.6 Å². The van der Waals surface area contributed by atoms with E-state index in [1.54, 1.807) is 32.4 Å². The second-order valence-corrected chi connectivity index (χ2v) is 7.76. The number of esters is 1. The Morgan fingerprint density at radius 1 is 0.943 bits per heavy atom. The molecule has 3 aromatic rings. The number of carbonyl (C=O) groups is 1. The van der Waals surface area contributed by atoms with Crippen molar-refractivity contribution in [3.8, 4) is 17.2 Å². The lowest BCUT2D eigenvalue weighted by atomic mass is 10.0. The summed E-state index contributed by atoms with van der Waals surface area (Å²) in [6, 6.07) is 22.3. The SMILES string of the molecule is COC(=O)C(=Cc1ccc(OCC(O)CNCc2ccc(OC)cc2OC)cc1)c1ccccc1. The maximum atomic E-state index is 12.2. The predicted octanol–water partition coefficient (Wildman–Crippen LogP) is 3.95. The van der Waals surface area contributed by atoms with Crippen LogP contribution in [-0.2, 0) is 16.1 Å². The third kappa shape index (κ3) is 7.60. The number of aliphatic hydroxyl groups is 1. The monoisotopic (exact) mass is 477 g/mol. The Bertz CT molecular complexity index is 1110. The average Bonchev–Trinajstić information content (AvgIpc) is 2.91. The predicted molar refractivity (Wildman–Crippen MR) is 136 cm³/mol. The normalized spacial score (nSPS) is 12.1. The van der Waals surface area contributed by atoms with E-state index in [-0.39, 0.29) is 6.61 Å². The number of hydrogen-bond acceptors (Lipinski definition) is 7. The number of ether oxygens (including phenoxy) is 4. The summed E-state index contributed by atoms with van der Waals surface area (Å²) in [5, 5.41) is 13.5. The van der Waals surface area contributed by atoms with Gasteiger partial charge in [0.2, 0.25) is 0 Å². The van der Waals surface area contributed by atoms with E-state index < -0.39 is 12.1 Å². The molecule has 0 saturated heterocycles. The summed E-state index contributed by atoms with van der Waals surface area (Å²) in [7, 11) is 4.58. The van der Waals surface area contributed by atoms with Crippen molar-refractivity contribution >= 4 is 17.6 Å². The van der Waals surface area contributed by atoms with Gasteiger partial charge in [0.05, 0.1) is 26.9 Å². The van der Waals surface area contributed by atoms with E-state index in [0.717, 1.165) is 28.2 Å². The minimum atomic E-state index is -0.692. The molecule has 0 aromatic heterocycles. The number of carbonyl (C=O) groups excluding carboxylic acids is 1. The molecule has 35 heavy (non-hydrogen) atoms. The molecule has 1 atom stereocenters. The quantitative estimate of drug-likeness (QED) is 0.232. The topological polar surface area (TPSA) is 86.3 Å². The molecule has 2 N–H and O–H groups in total. The van der Waals surface area contributed by atoms with Crippen LogP contribution >= 0.6 is 0 Å². The van der Waals surface area contributed by atoms with Crippen molar-refractivity contribution in [2.75, 3.05) is 34.5 Å². The molecule has 0 heterocycles. The Labute approximate surface area is 205 Å². The molecule has 0 radical (unpaired) electrons. The highest BCUT2D eigenvalue weighted by Gasteiger charge is 2.12. The van der Waals surface area contributed by atoms with Crippen LogP contribution in [-0.4, -0.2) is 51.7 Å². The lowest BCUT2D eigenvalue weighted by Crippen LogP contribution is -2.31. The molecule has 1 unspecified atom stereocenters. The van der Waals surface area contributed by atoms with E-state index in [9.17, 15) is 9.90 Å². The highest BCUT2D eigenvalue weighted by molar-refractivity contribution is 6.21. The number of aliphatic hydroxyl groups excluding tert-OH is 1. The smallest absolute Gasteiger partial charge is 0.338 e. The fraction of sp³-hybridized carbons (Fsp3) is 0.250. The molecule has 3 rings (SSSR count). The van der Waals surface area contributed by atoms with Gasteiger partial charge in [-0.1, -0.05) is 48.5 Å². The minimum absolute atomic E-state index is 0.138. The summed E-state index contributed by atoms with van der Waals surface area (Å²) in [5.74, 6) is 1.67. The zero-order chi connectivity index (χ0) is 25.0. The van der Waals surface area contributed by atoms with Crippen LogP contribution < -0.4 is 19.5 Å². The zero-order valence-electron chi connectivity index (χ0n) is 20.2. The van der Waals surface area contributed by atoms with Gasteiger partial charge in [-0.2, -0.15) is 0 Å². The van der Waals surface area contributed by atoms with Crippen LogP contribution in [0.5, 0.6) is 17.2 Å². The number of rotatable bonds is 12. The molecular weight excluding hydrogens is 446 g/mol. The molecular formula is C28H31NO6. The summed E-state index contributed by atoms with van der Waals surface area (Å²) in [6.45, 7) is 1.03. The maximum absolute atomic E-state index is 12.2. The first-order valence-electron chi connectivity index (χ1n) is 11.2. The minimum Gasteiger partial charge on any atom is -0.497 e. The van der Waals surface area contributed by atoms with Gasteiger partial charge in [-0.05, 0) is 35.4 Å². The molecule has 0 aliphatic heterocycles. The van der Waals surface area contributed by atoms with Gasteiger partial charge in [0, 0.05) is 24.7 Å². The van der Waals surface area contributed by atoms with Crippen LogP contribution in [0.1, 0.15) is 16.7 Å². The van der Waals surface area contributed by atoms with Gasteiger partial charge < -0.3 is 29.4 Å². The molecule has 184 valence electrons. The lowest BCUT2D eigenvalue weighted by Gasteiger charge is -2.15. The summed E-state index contributed by atoms with van der Waals surface area (Å²) in [6.07, 6.45) is 1.08. The molecule has 7 heteroatoms. The standard InChI is InChI=1S/C28H31NO6/c1-32-25-14-11-22(27(16-25)33-2)17-29-18-23(30)19-35-24-12-9-20(10-13-24)15-26(28(31)34-3)21-7-5-4-6-8-21/h4-16,23,29-30H,17-19H2,1-3H3. The van der Waals surface area contributed by atoms with Gasteiger partial charge in [0.25, 0.3) is 0 Å². The third-order valence-corrected chi connectivity index (χ3v) is 5.31. The fourth-order valence-corrected chi connectivity index (χ4v) is 3.44. The number of nitrogens with one attached hydrogen (secondary N) is 1. The van der Waals surface area contributed by atoms with E-state index in [1.807, 2.05) is 60.7 Å².